The third-order valence-corrected chi connectivity index (χ3v) is 3.28. The van der Waals surface area contributed by atoms with E-state index in [9.17, 15) is 0 Å². The number of rotatable bonds is 2. The lowest BCUT2D eigenvalue weighted by atomic mass is 9.94. The molecule has 1 aliphatic carbocycles. The Balaban J connectivity index is 2.06. The van der Waals surface area contributed by atoms with Crippen LogP contribution in [0.15, 0.2) is 24.3 Å². The van der Waals surface area contributed by atoms with Crippen LogP contribution < -0.4 is 5.73 Å². The third-order valence-electron chi connectivity index (χ3n) is 3.28. The van der Waals surface area contributed by atoms with Gasteiger partial charge in [0.1, 0.15) is 5.82 Å². The van der Waals surface area contributed by atoms with E-state index in [4.69, 9.17) is 5.73 Å². The van der Waals surface area contributed by atoms with Gasteiger partial charge in [0.2, 0.25) is 5.95 Å². The molecule has 1 aliphatic rings. The van der Waals surface area contributed by atoms with Crippen LogP contribution in [-0.4, -0.2) is 15.2 Å². The number of nitrogens with two attached hydrogens (primary N) is 1. The number of aryl methyl sites for hydroxylation is 1. The lowest BCUT2D eigenvalue weighted by Gasteiger charge is -2.12. The predicted octanol–water partition coefficient (Wildman–Crippen LogP) is 1.78. The summed E-state index contributed by atoms with van der Waals surface area (Å²) in [4.78, 5) is 4.26. The number of H-pyrrole nitrogens is 1. The van der Waals surface area contributed by atoms with Gasteiger partial charge in [-0.1, -0.05) is 29.8 Å². The first-order valence-corrected chi connectivity index (χ1v) is 5.46. The second-order valence-electron chi connectivity index (χ2n) is 4.49. The van der Waals surface area contributed by atoms with Crippen molar-refractivity contribution in [2.75, 3.05) is 5.73 Å². The van der Waals surface area contributed by atoms with Crippen molar-refractivity contribution in [2.24, 2.45) is 0 Å². The van der Waals surface area contributed by atoms with Crippen molar-refractivity contribution >= 4 is 5.95 Å². The molecule has 0 aliphatic heterocycles. The van der Waals surface area contributed by atoms with E-state index >= 15 is 0 Å². The molecule has 4 heteroatoms. The number of nitrogens with one attached hydrogen (secondary N) is 1. The van der Waals surface area contributed by atoms with Gasteiger partial charge in [0.15, 0.2) is 0 Å². The highest BCUT2D eigenvalue weighted by atomic mass is 15.3. The summed E-state index contributed by atoms with van der Waals surface area (Å²) < 4.78 is 0. The Labute approximate surface area is 93.9 Å². The normalized spacial score (nSPS) is 17.3. The minimum Gasteiger partial charge on any atom is -0.367 e. The zero-order valence-corrected chi connectivity index (χ0v) is 9.20. The first-order valence-electron chi connectivity index (χ1n) is 5.46. The number of nitrogen functional groups attached to an aromatic ring is 1. The molecule has 2 aromatic rings. The fourth-order valence-corrected chi connectivity index (χ4v) is 2.22. The number of benzene rings is 1. The van der Waals surface area contributed by atoms with E-state index < -0.39 is 0 Å². The van der Waals surface area contributed by atoms with Gasteiger partial charge >= 0.3 is 0 Å². The van der Waals surface area contributed by atoms with Gasteiger partial charge in [0, 0.05) is 0 Å². The summed E-state index contributed by atoms with van der Waals surface area (Å²) in [6.07, 6.45) is 2.23. The molecule has 1 fully saturated rings. The first-order chi connectivity index (χ1) is 7.71. The Bertz CT molecular complexity index is 525. The van der Waals surface area contributed by atoms with Crippen LogP contribution in [-0.2, 0) is 5.41 Å². The van der Waals surface area contributed by atoms with Crippen LogP contribution in [0, 0.1) is 6.92 Å². The lowest BCUT2D eigenvalue weighted by molar-refractivity contribution is 0.760. The summed E-state index contributed by atoms with van der Waals surface area (Å²) >= 11 is 0. The SMILES string of the molecule is Cc1cccc(C2(c3nc(N)n[nH]3)CC2)c1. The molecule has 1 aromatic carbocycles. The first kappa shape index (κ1) is 9.39. The van der Waals surface area contributed by atoms with Gasteiger partial charge in [-0.2, -0.15) is 4.98 Å². The fourth-order valence-electron chi connectivity index (χ4n) is 2.22. The van der Waals surface area contributed by atoms with Crippen LogP contribution in [0.4, 0.5) is 5.95 Å². The van der Waals surface area contributed by atoms with Crippen LogP contribution in [0.25, 0.3) is 0 Å². The van der Waals surface area contributed by atoms with Gasteiger partial charge in [0.05, 0.1) is 5.41 Å². The minimum absolute atomic E-state index is 0.0383. The quantitative estimate of drug-likeness (QED) is 0.800. The summed E-state index contributed by atoms with van der Waals surface area (Å²) in [6, 6.07) is 8.56. The Hall–Kier alpha value is -1.84. The molecule has 0 unspecified atom stereocenters. The second-order valence-corrected chi connectivity index (χ2v) is 4.49. The van der Waals surface area contributed by atoms with Crippen LogP contribution in [0.5, 0.6) is 0 Å². The molecule has 3 rings (SSSR count). The number of aromatic nitrogens is 3. The van der Waals surface area contributed by atoms with Crippen molar-refractivity contribution in [1.29, 1.82) is 0 Å². The number of nitrogens with zero attached hydrogens (tertiary/aromatic N) is 2. The van der Waals surface area contributed by atoms with Gasteiger partial charge in [-0.3, -0.25) is 5.10 Å². The fraction of sp³-hybridized carbons (Fsp3) is 0.333. The molecule has 4 nitrogen and oxygen atoms in total. The summed E-state index contributed by atoms with van der Waals surface area (Å²) in [7, 11) is 0. The molecule has 1 aromatic heterocycles. The van der Waals surface area contributed by atoms with Crippen molar-refractivity contribution in [3.05, 3.63) is 41.2 Å². The van der Waals surface area contributed by atoms with E-state index in [1.165, 1.54) is 11.1 Å². The van der Waals surface area contributed by atoms with Gasteiger partial charge in [-0.15, -0.1) is 5.10 Å². The smallest absolute Gasteiger partial charge is 0.239 e. The monoisotopic (exact) mass is 214 g/mol. The van der Waals surface area contributed by atoms with Crippen molar-refractivity contribution in [3.8, 4) is 0 Å². The molecule has 16 heavy (non-hydrogen) atoms. The average molecular weight is 214 g/mol. The largest absolute Gasteiger partial charge is 0.367 e. The lowest BCUT2D eigenvalue weighted by Crippen LogP contribution is -2.11. The summed E-state index contributed by atoms with van der Waals surface area (Å²) in [6.45, 7) is 2.11. The van der Waals surface area contributed by atoms with Crippen molar-refractivity contribution < 1.29 is 0 Å². The molecule has 3 N–H and O–H groups in total. The topological polar surface area (TPSA) is 67.6 Å². The zero-order valence-electron chi connectivity index (χ0n) is 9.20. The number of hydrogen-bond acceptors (Lipinski definition) is 3. The van der Waals surface area contributed by atoms with Crippen LogP contribution in [0.1, 0.15) is 29.8 Å². The highest BCUT2D eigenvalue weighted by Crippen LogP contribution is 2.52. The average Bonchev–Trinajstić information content (AvgIpc) is 2.97. The van der Waals surface area contributed by atoms with Gasteiger partial charge in [0.25, 0.3) is 0 Å². The Morgan fingerprint density at radius 2 is 2.19 bits per heavy atom. The molecular formula is C12H14N4. The molecule has 0 spiro atoms. The summed E-state index contributed by atoms with van der Waals surface area (Å²) in [5, 5.41) is 6.85. The second kappa shape index (κ2) is 3.07. The molecule has 0 saturated heterocycles. The van der Waals surface area contributed by atoms with Crippen molar-refractivity contribution in [2.45, 2.75) is 25.2 Å². The van der Waals surface area contributed by atoms with E-state index in [0.29, 0.717) is 5.95 Å². The van der Waals surface area contributed by atoms with E-state index in [2.05, 4.69) is 46.4 Å². The molecule has 1 saturated carbocycles. The predicted molar refractivity (Wildman–Crippen MR) is 62.0 cm³/mol. The third kappa shape index (κ3) is 1.30. The maximum Gasteiger partial charge on any atom is 0.239 e. The number of hydrogen-bond donors (Lipinski definition) is 2. The highest BCUT2D eigenvalue weighted by Gasteiger charge is 2.48. The zero-order chi connectivity index (χ0) is 11.2. The van der Waals surface area contributed by atoms with E-state index in [1.54, 1.807) is 0 Å². The standard InChI is InChI=1S/C12H14N4/c1-8-3-2-4-9(7-8)12(5-6-12)10-14-11(13)16-15-10/h2-4,7H,5-6H2,1H3,(H3,13,14,15,16). The Morgan fingerprint density at radius 1 is 1.38 bits per heavy atom. The van der Waals surface area contributed by atoms with Crippen molar-refractivity contribution in [3.63, 3.8) is 0 Å². The molecule has 0 radical (unpaired) electrons. The molecule has 0 bridgehead atoms. The van der Waals surface area contributed by atoms with Crippen molar-refractivity contribution in [1.82, 2.24) is 15.2 Å². The molecule has 0 amide bonds. The number of anilines is 1. The maximum atomic E-state index is 5.56. The van der Waals surface area contributed by atoms with E-state index in [0.717, 1.165) is 18.7 Å². The Morgan fingerprint density at radius 3 is 2.75 bits per heavy atom. The van der Waals surface area contributed by atoms with Gasteiger partial charge in [-0.25, -0.2) is 0 Å². The van der Waals surface area contributed by atoms with Crippen LogP contribution in [0.3, 0.4) is 0 Å². The molecule has 0 atom stereocenters. The van der Waals surface area contributed by atoms with Gasteiger partial charge < -0.3 is 5.73 Å². The molecular weight excluding hydrogens is 200 g/mol. The van der Waals surface area contributed by atoms with Crippen LogP contribution in [0.2, 0.25) is 0 Å². The molecule has 82 valence electrons. The maximum absolute atomic E-state index is 5.56. The summed E-state index contributed by atoms with van der Waals surface area (Å²) in [5.74, 6) is 1.23. The number of aromatic amines is 1. The summed E-state index contributed by atoms with van der Waals surface area (Å²) in [5.41, 5.74) is 8.18. The van der Waals surface area contributed by atoms with Crippen LogP contribution >= 0.6 is 0 Å². The van der Waals surface area contributed by atoms with E-state index in [-0.39, 0.29) is 5.41 Å². The highest BCUT2D eigenvalue weighted by molar-refractivity contribution is 5.41. The Kier molecular flexibility index (Phi) is 1.80. The molecule has 1 heterocycles. The minimum atomic E-state index is 0.0383. The van der Waals surface area contributed by atoms with E-state index in [1.807, 2.05) is 0 Å². The van der Waals surface area contributed by atoms with Gasteiger partial charge in [-0.05, 0) is 25.3 Å².